The van der Waals surface area contributed by atoms with E-state index in [1.165, 1.54) is 59.3 Å². The zero-order valence-corrected chi connectivity index (χ0v) is 21.6. The summed E-state index contributed by atoms with van der Waals surface area (Å²) in [6.07, 6.45) is 5.82. The molecule has 11 heteroatoms. The molecule has 1 fully saturated rings. The highest BCUT2D eigenvalue weighted by Crippen LogP contribution is 2.33. The van der Waals surface area contributed by atoms with E-state index < -0.39 is 23.1 Å². The Balaban J connectivity index is 1.22. The molecule has 1 N–H and O–H groups in total. The smallest absolute Gasteiger partial charge is 0.267 e. The van der Waals surface area contributed by atoms with Crippen LogP contribution in [-0.4, -0.2) is 39.0 Å². The van der Waals surface area contributed by atoms with Gasteiger partial charge >= 0.3 is 0 Å². The van der Waals surface area contributed by atoms with Crippen LogP contribution in [0.25, 0.3) is 11.2 Å². The molecule has 9 nitrogen and oxygen atoms in total. The van der Waals surface area contributed by atoms with Crippen molar-refractivity contribution >= 4 is 28.6 Å². The van der Waals surface area contributed by atoms with Gasteiger partial charge < -0.3 is 15.0 Å². The van der Waals surface area contributed by atoms with Gasteiger partial charge in [0.2, 0.25) is 0 Å². The molecular weight excluding hydrogens is 532 g/mol. The summed E-state index contributed by atoms with van der Waals surface area (Å²) in [4.78, 5) is 39.6. The molecule has 4 heterocycles. The number of hydrogen-bond donors (Lipinski definition) is 1. The molecule has 5 aromatic rings. The first-order chi connectivity index (χ1) is 19.9. The van der Waals surface area contributed by atoms with Crippen molar-refractivity contribution in [3.05, 3.63) is 113 Å². The summed E-state index contributed by atoms with van der Waals surface area (Å²) >= 11 is 0. The van der Waals surface area contributed by atoms with Gasteiger partial charge in [0.25, 0.3) is 11.5 Å². The van der Waals surface area contributed by atoms with Crippen LogP contribution in [0.1, 0.15) is 23.2 Å². The van der Waals surface area contributed by atoms with E-state index >= 15 is 4.39 Å². The van der Waals surface area contributed by atoms with Gasteiger partial charge in [0.05, 0.1) is 18.1 Å². The summed E-state index contributed by atoms with van der Waals surface area (Å²) in [7, 11) is 0. The third kappa shape index (κ3) is 5.29. The van der Waals surface area contributed by atoms with Crippen LogP contribution in [0.5, 0.6) is 11.5 Å². The van der Waals surface area contributed by atoms with E-state index in [0.29, 0.717) is 42.9 Å². The normalized spacial score (nSPS) is 13.4. The Labute approximate surface area is 232 Å². The quantitative estimate of drug-likeness (QED) is 0.318. The van der Waals surface area contributed by atoms with Crippen LogP contribution in [-0.2, 0) is 4.79 Å². The topological polar surface area (TPSA) is 97.9 Å². The van der Waals surface area contributed by atoms with Gasteiger partial charge in [0, 0.05) is 55.6 Å². The fraction of sp³-hybridized carbons (Fsp3) is 0.133. The highest BCUT2D eigenvalue weighted by Gasteiger charge is 2.20. The molecule has 0 spiro atoms. The molecule has 41 heavy (non-hydrogen) atoms. The fourth-order valence-electron chi connectivity index (χ4n) is 4.70. The van der Waals surface area contributed by atoms with Gasteiger partial charge in [-0.1, -0.05) is 0 Å². The van der Waals surface area contributed by atoms with Gasteiger partial charge in [-0.2, -0.15) is 5.10 Å². The first-order valence-electron chi connectivity index (χ1n) is 12.9. The SMILES string of the molecule is O=C1CCN(c2cc(Oc3ccc(NC(=O)c4cccn(-c5ccc(F)cc5)c4=O)cc3F)c3ccnn3c2)CC1. The summed E-state index contributed by atoms with van der Waals surface area (Å²) in [5, 5.41) is 6.83. The Bertz CT molecular complexity index is 1840. The monoisotopic (exact) mass is 555 g/mol. The zero-order valence-electron chi connectivity index (χ0n) is 21.6. The van der Waals surface area contributed by atoms with Crippen LogP contribution in [0.3, 0.4) is 0 Å². The van der Waals surface area contributed by atoms with Crippen LogP contribution in [0, 0.1) is 11.6 Å². The number of rotatable bonds is 6. The third-order valence-corrected chi connectivity index (χ3v) is 6.85. The average molecular weight is 556 g/mol. The minimum absolute atomic E-state index is 0.0737. The highest BCUT2D eigenvalue weighted by atomic mass is 19.1. The molecule has 206 valence electrons. The number of nitrogens with zero attached hydrogens (tertiary/aromatic N) is 4. The number of halogens is 2. The Hall–Kier alpha value is -5.32. The summed E-state index contributed by atoms with van der Waals surface area (Å²) in [6.45, 7) is 1.15. The van der Waals surface area contributed by atoms with Crippen LogP contribution < -0.4 is 20.5 Å². The van der Waals surface area contributed by atoms with Crippen molar-refractivity contribution in [3.8, 4) is 17.2 Å². The Morgan fingerprint density at radius 2 is 1.68 bits per heavy atom. The predicted octanol–water partition coefficient (Wildman–Crippen LogP) is 4.98. The van der Waals surface area contributed by atoms with Gasteiger partial charge in [-0.05, 0) is 54.6 Å². The Morgan fingerprint density at radius 1 is 0.902 bits per heavy atom. The molecule has 0 unspecified atom stereocenters. The molecule has 1 aliphatic heterocycles. The van der Waals surface area contributed by atoms with E-state index in [-0.39, 0.29) is 22.8 Å². The molecule has 3 aromatic heterocycles. The average Bonchev–Trinajstić information content (AvgIpc) is 3.45. The standard InChI is InChI=1S/C30H23F2N5O4/c31-19-3-6-21(7-4-19)36-13-1-2-24(30(36)40)29(39)34-20-5-8-27(25(32)16-20)41-28-17-22(18-37-26(28)9-12-33-37)35-14-10-23(38)11-15-35/h1-9,12-13,16-18H,10-11,14-15H2,(H,34,39). The maximum atomic E-state index is 15.2. The van der Waals surface area contributed by atoms with Gasteiger partial charge in [-0.15, -0.1) is 0 Å². The lowest BCUT2D eigenvalue weighted by Crippen LogP contribution is -2.33. The van der Waals surface area contributed by atoms with Crippen LogP contribution in [0.4, 0.5) is 20.2 Å². The number of Topliss-reactive ketones (excluding diaryl/α,β-unsaturated/α-hetero) is 1. The van der Waals surface area contributed by atoms with E-state index in [4.69, 9.17) is 4.74 Å². The van der Waals surface area contributed by atoms with Gasteiger partial charge in [0.15, 0.2) is 17.3 Å². The molecule has 2 aromatic carbocycles. The second-order valence-corrected chi connectivity index (χ2v) is 9.52. The predicted molar refractivity (Wildman–Crippen MR) is 148 cm³/mol. The Kier molecular flexibility index (Phi) is 6.76. The van der Waals surface area contributed by atoms with Gasteiger partial charge in [-0.3, -0.25) is 19.0 Å². The highest BCUT2D eigenvalue weighted by molar-refractivity contribution is 6.04. The van der Waals surface area contributed by atoms with E-state index in [0.717, 1.165) is 11.8 Å². The second kappa shape index (κ2) is 10.7. The molecule has 0 radical (unpaired) electrons. The summed E-state index contributed by atoms with van der Waals surface area (Å²) in [5.74, 6) is -1.39. The lowest BCUT2D eigenvalue weighted by Gasteiger charge is -2.28. The molecule has 1 aliphatic rings. The molecule has 0 bridgehead atoms. The van der Waals surface area contributed by atoms with Crippen molar-refractivity contribution in [2.24, 2.45) is 0 Å². The van der Waals surface area contributed by atoms with Crippen LogP contribution in [0.15, 0.2) is 90.1 Å². The lowest BCUT2D eigenvalue weighted by atomic mass is 10.1. The van der Waals surface area contributed by atoms with E-state index in [2.05, 4.69) is 15.3 Å². The lowest BCUT2D eigenvalue weighted by molar-refractivity contribution is -0.119. The maximum absolute atomic E-state index is 15.2. The number of pyridine rings is 2. The molecular formula is C30H23F2N5O4. The maximum Gasteiger partial charge on any atom is 0.267 e. The van der Waals surface area contributed by atoms with Crippen molar-refractivity contribution in [2.75, 3.05) is 23.3 Å². The molecule has 1 saturated heterocycles. The van der Waals surface area contributed by atoms with Crippen LogP contribution in [0.2, 0.25) is 0 Å². The molecule has 6 rings (SSSR count). The number of amides is 1. The second-order valence-electron chi connectivity index (χ2n) is 9.52. The summed E-state index contributed by atoms with van der Waals surface area (Å²) < 4.78 is 37.3. The number of anilines is 2. The number of piperidine rings is 1. The largest absolute Gasteiger partial charge is 0.452 e. The number of fused-ring (bicyclic) bond motifs is 1. The summed E-state index contributed by atoms with van der Waals surface area (Å²) in [6, 6.07) is 15.6. The number of ether oxygens (including phenoxy) is 1. The van der Waals surface area contributed by atoms with Crippen LogP contribution >= 0.6 is 0 Å². The first kappa shape index (κ1) is 25.9. The van der Waals surface area contributed by atoms with Gasteiger partial charge in [0.1, 0.15) is 22.7 Å². The van der Waals surface area contributed by atoms with E-state index in [9.17, 15) is 18.8 Å². The number of nitrogens with one attached hydrogen (secondary N) is 1. The Morgan fingerprint density at radius 3 is 2.44 bits per heavy atom. The fourth-order valence-corrected chi connectivity index (χ4v) is 4.70. The number of carbonyl (C=O) groups excluding carboxylic acids is 2. The number of aromatic nitrogens is 3. The minimum Gasteiger partial charge on any atom is -0.452 e. The first-order valence-corrected chi connectivity index (χ1v) is 12.9. The molecule has 0 atom stereocenters. The van der Waals surface area contributed by atoms with E-state index in [1.807, 2.05) is 6.20 Å². The van der Waals surface area contributed by atoms with Gasteiger partial charge in [-0.25, -0.2) is 13.3 Å². The summed E-state index contributed by atoms with van der Waals surface area (Å²) in [5.41, 5.74) is 1.15. The minimum atomic E-state index is -0.730. The number of ketones is 1. The molecule has 0 saturated carbocycles. The zero-order chi connectivity index (χ0) is 28.5. The van der Waals surface area contributed by atoms with Crippen molar-refractivity contribution in [1.29, 1.82) is 0 Å². The molecule has 0 aliphatic carbocycles. The third-order valence-electron chi connectivity index (χ3n) is 6.85. The van der Waals surface area contributed by atoms with Crippen molar-refractivity contribution in [3.63, 3.8) is 0 Å². The number of benzene rings is 2. The number of hydrogen-bond acceptors (Lipinski definition) is 6. The van der Waals surface area contributed by atoms with Crippen molar-refractivity contribution in [2.45, 2.75) is 12.8 Å². The number of carbonyl (C=O) groups is 2. The van der Waals surface area contributed by atoms with Crippen molar-refractivity contribution in [1.82, 2.24) is 14.2 Å². The van der Waals surface area contributed by atoms with Crippen molar-refractivity contribution < 1.29 is 23.1 Å². The molecule has 1 amide bonds. The van der Waals surface area contributed by atoms with E-state index in [1.54, 1.807) is 22.8 Å².